The van der Waals surface area contributed by atoms with E-state index in [1.807, 2.05) is 30.3 Å². The largest absolute Gasteiger partial charge is 0.472 e. The predicted molar refractivity (Wildman–Crippen MR) is 116 cm³/mol. The molecule has 2 aromatic rings. The van der Waals surface area contributed by atoms with Gasteiger partial charge in [-0.3, -0.25) is 14.4 Å². The van der Waals surface area contributed by atoms with Crippen LogP contribution in [0.2, 0.25) is 0 Å². The van der Waals surface area contributed by atoms with Crippen LogP contribution in [0.25, 0.3) is 0 Å². The Bertz CT molecular complexity index is 968. The van der Waals surface area contributed by atoms with E-state index in [-0.39, 0.29) is 29.5 Å². The Labute approximate surface area is 184 Å². The van der Waals surface area contributed by atoms with Crippen molar-refractivity contribution in [1.29, 1.82) is 0 Å². The Balaban J connectivity index is 1.31. The van der Waals surface area contributed by atoms with Gasteiger partial charge in [-0.15, -0.1) is 0 Å². The summed E-state index contributed by atoms with van der Waals surface area (Å²) in [6.07, 6.45) is 0.594. The Morgan fingerprint density at radius 1 is 1.10 bits per heavy atom. The van der Waals surface area contributed by atoms with Crippen LogP contribution >= 0.6 is 11.8 Å². The molecule has 9 heteroatoms. The number of carbonyl (C=O) groups is 3. The van der Waals surface area contributed by atoms with Crippen LogP contribution in [0.5, 0.6) is 5.75 Å². The molecule has 0 aromatic heterocycles. The maximum absolute atomic E-state index is 12.6. The molecule has 162 valence electrons. The minimum atomic E-state index is -0.744. The first-order valence-electron chi connectivity index (χ1n) is 10.0. The molecule has 0 saturated carbocycles. The summed E-state index contributed by atoms with van der Waals surface area (Å²) in [5.41, 5.74) is 7.51. The monoisotopic (exact) mass is 441 g/mol. The molecule has 1 fully saturated rings. The van der Waals surface area contributed by atoms with Gasteiger partial charge in [0.15, 0.2) is 13.0 Å². The van der Waals surface area contributed by atoms with E-state index in [1.165, 1.54) is 4.90 Å². The minimum Gasteiger partial charge on any atom is -0.472 e. The quantitative estimate of drug-likeness (QED) is 0.495. The van der Waals surface area contributed by atoms with E-state index in [0.29, 0.717) is 43.0 Å². The molecule has 2 N–H and O–H groups in total. The van der Waals surface area contributed by atoms with Gasteiger partial charge < -0.3 is 20.1 Å². The second-order valence-electron chi connectivity index (χ2n) is 7.26. The topological polar surface area (TPSA) is 102 Å². The SMILES string of the molecule is Nc1ccc2c(c1)C(=O)N(CCCCOC(c1ccccc1)N1C(=O)CSC1=O)CO2. The fourth-order valence-corrected chi connectivity index (χ4v) is 4.23. The number of unbranched alkanes of at least 4 members (excludes halogenated alkanes) is 1. The molecular formula is C22H23N3O5S. The highest BCUT2D eigenvalue weighted by molar-refractivity contribution is 8.14. The number of hydrogen-bond acceptors (Lipinski definition) is 7. The third-order valence-corrected chi connectivity index (χ3v) is 5.93. The number of rotatable bonds is 8. The molecule has 1 atom stereocenters. The van der Waals surface area contributed by atoms with Crippen molar-refractivity contribution in [3.63, 3.8) is 0 Å². The first-order valence-corrected chi connectivity index (χ1v) is 11.0. The van der Waals surface area contributed by atoms with Crippen LogP contribution in [0.3, 0.4) is 0 Å². The number of benzene rings is 2. The van der Waals surface area contributed by atoms with Crippen molar-refractivity contribution in [1.82, 2.24) is 9.80 Å². The molecule has 0 spiro atoms. The van der Waals surface area contributed by atoms with E-state index >= 15 is 0 Å². The van der Waals surface area contributed by atoms with Crippen LogP contribution < -0.4 is 10.5 Å². The van der Waals surface area contributed by atoms with E-state index in [0.717, 1.165) is 17.3 Å². The molecule has 2 aliphatic rings. The number of amides is 3. The smallest absolute Gasteiger partial charge is 0.291 e. The van der Waals surface area contributed by atoms with E-state index in [1.54, 1.807) is 23.1 Å². The molecule has 1 saturated heterocycles. The minimum absolute atomic E-state index is 0.109. The second-order valence-corrected chi connectivity index (χ2v) is 8.18. The summed E-state index contributed by atoms with van der Waals surface area (Å²) in [4.78, 5) is 39.8. The van der Waals surface area contributed by atoms with Crippen LogP contribution in [-0.2, 0) is 9.53 Å². The zero-order valence-electron chi connectivity index (χ0n) is 16.9. The summed E-state index contributed by atoms with van der Waals surface area (Å²) in [5, 5.41) is -0.298. The van der Waals surface area contributed by atoms with E-state index in [2.05, 4.69) is 0 Å². The number of nitrogens with zero attached hydrogens (tertiary/aromatic N) is 2. The molecular weight excluding hydrogens is 418 g/mol. The molecule has 1 unspecified atom stereocenters. The third kappa shape index (κ3) is 4.67. The Morgan fingerprint density at radius 3 is 2.65 bits per heavy atom. The Morgan fingerprint density at radius 2 is 1.90 bits per heavy atom. The highest BCUT2D eigenvalue weighted by Crippen LogP contribution is 2.31. The van der Waals surface area contributed by atoms with Gasteiger partial charge >= 0.3 is 0 Å². The van der Waals surface area contributed by atoms with Gasteiger partial charge in [-0.2, -0.15) is 0 Å². The maximum Gasteiger partial charge on any atom is 0.291 e. The zero-order valence-corrected chi connectivity index (χ0v) is 17.7. The molecule has 0 radical (unpaired) electrons. The van der Waals surface area contributed by atoms with Crippen molar-refractivity contribution >= 4 is 34.5 Å². The summed E-state index contributed by atoms with van der Waals surface area (Å²) in [6, 6.07) is 14.3. The van der Waals surface area contributed by atoms with Crippen molar-refractivity contribution < 1.29 is 23.9 Å². The first-order chi connectivity index (χ1) is 15.0. The average molecular weight is 442 g/mol. The molecule has 2 aliphatic heterocycles. The lowest BCUT2D eigenvalue weighted by Crippen LogP contribution is -2.39. The molecule has 8 nitrogen and oxygen atoms in total. The number of nitrogen functional groups attached to an aromatic ring is 1. The zero-order chi connectivity index (χ0) is 21.8. The summed E-state index contributed by atoms with van der Waals surface area (Å²) < 4.78 is 11.6. The molecule has 3 amide bonds. The Kier molecular flexibility index (Phi) is 6.43. The lowest BCUT2D eigenvalue weighted by atomic mass is 10.1. The highest BCUT2D eigenvalue weighted by atomic mass is 32.2. The number of thioether (sulfide) groups is 1. The van der Waals surface area contributed by atoms with Crippen molar-refractivity contribution in [2.75, 3.05) is 31.4 Å². The Hall–Kier alpha value is -3.04. The van der Waals surface area contributed by atoms with Crippen LogP contribution in [-0.4, -0.2) is 52.5 Å². The molecule has 0 aliphatic carbocycles. The summed E-state index contributed by atoms with van der Waals surface area (Å²) in [5.74, 6) is 0.316. The normalized spacial score (nSPS) is 17.0. The molecule has 2 aromatic carbocycles. The number of imide groups is 1. The number of hydrogen-bond donors (Lipinski definition) is 1. The summed E-state index contributed by atoms with van der Waals surface area (Å²) in [6.45, 7) is 1.04. The third-order valence-electron chi connectivity index (χ3n) is 5.10. The van der Waals surface area contributed by atoms with Crippen molar-refractivity contribution in [2.45, 2.75) is 19.1 Å². The van der Waals surface area contributed by atoms with Gasteiger partial charge in [-0.25, -0.2) is 4.90 Å². The standard InChI is InChI=1S/C22H23N3O5S/c23-16-8-9-18-17(12-16)20(27)24(14-30-18)10-4-5-11-29-21(15-6-2-1-3-7-15)25-19(26)13-31-22(25)28/h1-3,6-9,12,21H,4-5,10-11,13-14,23H2. The van der Waals surface area contributed by atoms with Crippen LogP contribution in [0.4, 0.5) is 10.5 Å². The van der Waals surface area contributed by atoms with Crippen molar-refractivity contribution in [3.05, 3.63) is 59.7 Å². The van der Waals surface area contributed by atoms with Crippen molar-refractivity contribution in [2.24, 2.45) is 0 Å². The molecule has 2 heterocycles. The molecule has 31 heavy (non-hydrogen) atoms. The van der Waals surface area contributed by atoms with E-state index in [4.69, 9.17) is 15.2 Å². The predicted octanol–water partition coefficient (Wildman–Crippen LogP) is 3.25. The number of anilines is 1. The summed E-state index contributed by atoms with van der Waals surface area (Å²) in [7, 11) is 0. The van der Waals surface area contributed by atoms with Crippen molar-refractivity contribution in [3.8, 4) is 5.75 Å². The highest BCUT2D eigenvalue weighted by Gasteiger charge is 2.37. The fourth-order valence-electron chi connectivity index (χ4n) is 3.51. The number of nitrogens with two attached hydrogens (primary N) is 1. The lowest BCUT2D eigenvalue weighted by molar-refractivity contribution is -0.136. The van der Waals surface area contributed by atoms with Crippen LogP contribution in [0.1, 0.15) is 35.0 Å². The maximum atomic E-state index is 12.6. The van der Waals surface area contributed by atoms with Gasteiger partial charge in [0.05, 0.1) is 11.3 Å². The van der Waals surface area contributed by atoms with Gasteiger partial charge in [0, 0.05) is 24.4 Å². The van der Waals surface area contributed by atoms with Gasteiger partial charge in [-0.05, 0) is 31.0 Å². The average Bonchev–Trinajstić information content (AvgIpc) is 3.11. The van der Waals surface area contributed by atoms with Gasteiger partial charge in [0.2, 0.25) is 5.91 Å². The van der Waals surface area contributed by atoms with Gasteiger partial charge in [0.1, 0.15) is 5.75 Å². The molecule has 4 rings (SSSR count). The first kappa shape index (κ1) is 21.2. The number of carbonyl (C=O) groups excluding carboxylic acids is 3. The van der Waals surface area contributed by atoms with Crippen LogP contribution in [0, 0.1) is 0 Å². The van der Waals surface area contributed by atoms with Gasteiger partial charge in [0.25, 0.3) is 11.1 Å². The lowest BCUT2D eigenvalue weighted by Gasteiger charge is -2.29. The summed E-state index contributed by atoms with van der Waals surface area (Å²) >= 11 is 0.985. The van der Waals surface area contributed by atoms with Gasteiger partial charge in [-0.1, -0.05) is 42.1 Å². The number of fused-ring (bicyclic) bond motifs is 1. The van der Waals surface area contributed by atoms with Crippen LogP contribution in [0.15, 0.2) is 48.5 Å². The number of ether oxygens (including phenoxy) is 2. The molecule has 0 bridgehead atoms. The fraction of sp³-hybridized carbons (Fsp3) is 0.318. The second kappa shape index (κ2) is 9.40. The van der Waals surface area contributed by atoms with E-state index < -0.39 is 6.23 Å². The van der Waals surface area contributed by atoms with E-state index in [9.17, 15) is 14.4 Å².